The molecule has 0 radical (unpaired) electrons. The van der Waals surface area contributed by atoms with Crippen molar-refractivity contribution in [3.63, 3.8) is 0 Å². The monoisotopic (exact) mass is 248 g/mol. The van der Waals surface area contributed by atoms with Crippen molar-refractivity contribution in [2.45, 2.75) is 12.2 Å². The molecule has 4 nitrogen and oxygen atoms in total. The molecule has 0 aromatic rings. The smallest absolute Gasteiger partial charge is 0.333 e. The fraction of sp³-hybridized carbons (Fsp3) is 0.643. The molecule has 0 unspecified atom stereocenters. The summed E-state index contributed by atoms with van der Waals surface area (Å²) in [7, 11) is 1.43. The lowest BCUT2D eigenvalue weighted by atomic mass is 9.81. The Balaban J connectivity index is 1.79. The summed E-state index contributed by atoms with van der Waals surface area (Å²) in [6.45, 7) is 1.25. The van der Waals surface area contributed by atoms with Gasteiger partial charge in [-0.05, 0) is 18.3 Å². The number of allylic oxidation sites excluding steroid dienone is 2. The second kappa shape index (κ2) is 3.45. The lowest BCUT2D eigenvalue weighted by molar-refractivity contribution is -0.190. The number of hydrogen-bond acceptors (Lipinski definition) is 4. The van der Waals surface area contributed by atoms with E-state index in [-0.39, 0.29) is 17.8 Å². The summed E-state index contributed by atoms with van der Waals surface area (Å²) in [5, 5.41) is 0. The zero-order chi connectivity index (χ0) is 12.3. The zero-order valence-corrected chi connectivity index (χ0v) is 10.3. The van der Waals surface area contributed by atoms with E-state index >= 15 is 0 Å². The molecule has 4 rings (SSSR count). The third-order valence-corrected chi connectivity index (χ3v) is 4.86. The highest BCUT2D eigenvalue weighted by Gasteiger charge is 2.68. The van der Waals surface area contributed by atoms with E-state index < -0.39 is 5.79 Å². The summed E-state index contributed by atoms with van der Waals surface area (Å²) in [4.78, 5) is 11.9. The van der Waals surface area contributed by atoms with Gasteiger partial charge in [-0.15, -0.1) is 0 Å². The Morgan fingerprint density at radius 2 is 2.22 bits per heavy atom. The average molecular weight is 248 g/mol. The third kappa shape index (κ3) is 1.06. The molecule has 4 atom stereocenters. The molecule has 1 spiro atoms. The van der Waals surface area contributed by atoms with Crippen LogP contribution in [0.4, 0.5) is 0 Å². The van der Waals surface area contributed by atoms with Crippen LogP contribution >= 0.6 is 0 Å². The first kappa shape index (κ1) is 10.8. The zero-order valence-electron chi connectivity index (χ0n) is 10.3. The average Bonchev–Trinajstić information content (AvgIpc) is 3.12. The van der Waals surface area contributed by atoms with Crippen molar-refractivity contribution < 1.29 is 19.0 Å². The molecule has 3 aliphatic carbocycles. The maximum absolute atomic E-state index is 11.9. The predicted molar refractivity (Wildman–Crippen MR) is 62.5 cm³/mol. The molecule has 18 heavy (non-hydrogen) atoms. The molecule has 0 N–H and O–H groups in total. The highest BCUT2D eigenvalue weighted by atomic mass is 16.7. The predicted octanol–water partition coefficient (Wildman–Crippen LogP) is 1.28. The van der Waals surface area contributed by atoms with Gasteiger partial charge in [0.25, 0.3) is 0 Å². The van der Waals surface area contributed by atoms with Gasteiger partial charge in [0.1, 0.15) is 0 Å². The lowest BCUT2D eigenvalue weighted by Gasteiger charge is -2.30. The van der Waals surface area contributed by atoms with Gasteiger partial charge in [-0.2, -0.15) is 0 Å². The summed E-state index contributed by atoms with van der Waals surface area (Å²) in [6.07, 6.45) is 7.51. The van der Waals surface area contributed by atoms with Crippen molar-refractivity contribution in [2.75, 3.05) is 20.3 Å². The number of carbonyl (C=O) groups excluding carboxylic acids is 1. The quantitative estimate of drug-likeness (QED) is 0.518. The van der Waals surface area contributed by atoms with Crippen LogP contribution in [-0.4, -0.2) is 32.1 Å². The maximum Gasteiger partial charge on any atom is 0.333 e. The van der Waals surface area contributed by atoms with E-state index in [2.05, 4.69) is 12.2 Å². The Hall–Kier alpha value is -1.13. The number of rotatable bonds is 1. The van der Waals surface area contributed by atoms with Gasteiger partial charge in [0.15, 0.2) is 5.79 Å². The standard InChI is InChI=1S/C14H16O4/c1-16-13(15)10-7-11-8-3-2-4-9(8)12(10)14(11)17-5-6-18-14/h2-3,7-9,11-12H,4-6H2,1H3/t8-,9+,11-,12-/m1/s1. The van der Waals surface area contributed by atoms with E-state index in [0.29, 0.717) is 25.0 Å². The third-order valence-electron chi connectivity index (χ3n) is 4.86. The van der Waals surface area contributed by atoms with Crippen LogP contribution in [0.1, 0.15) is 6.42 Å². The van der Waals surface area contributed by atoms with Gasteiger partial charge in [-0.25, -0.2) is 4.79 Å². The van der Waals surface area contributed by atoms with E-state index in [0.717, 1.165) is 12.0 Å². The summed E-state index contributed by atoms with van der Waals surface area (Å²) in [5.74, 6) is 0.296. The molecule has 2 bridgehead atoms. The molecular weight excluding hydrogens is 232 g/mol. The van der Waals surface area contributed by atoms with Crippen molar-refractivity contribution in [3.8, 4) is 0 Å². The van der Waals surface area contributed by atoms with Crippen molar-refractivity contribution in [1.29, 1.82) is 0 Å². The van der Waals surface area contributed by atoms with Gasteiger partial charge in [0, 0.05) is 17.4 Å². The highest BCUT2D eigenvalue weighted by Crippen LogP contribution is 2.63. The van der Waals surface area contributed by atoms with Crippen LogP contribution in [0.2, 0.25) is 0 Å². The minimum absolute atomic E-state index is 0.0393. The van der Waals surface area contributed by atoms with Crippen LogP contribution < -0.4 is 0 Å². The number of esters is 1. The molecule has 0 amide bonds. The van der Waals surface area contributed by atoms with Crippen LogP contribution in [0.25, 0.3) is 0 Å². The molecule has 2 fully saturated rings. The van der Waals surface area contributed by atoms with Crippen LogP contribution in [-0.2, 0) is 19.0 Å². The number of carbonyl (C=O) groups is 1. The first-order valence-electron chi connectivity index (χ1n) is 6.52. The fourth-order valence-electron chi connectivity index (χ4n) is 4.31. The Bertz CT molecular complexity index is 458. The Morgan fingerprint density at radius 3 is 2.94 bits per heavy atom. The van der Waals surface area contributed by atoms with Crippen molar-refractivity contribution >= 4 is 5.97 Å². The van der Waals surface area contributed by atoms with Crippen LogP contribution in [0, 0.1) is 23.7 Å². The van der Waals surface area contributed by atoms with Crippen LogP contribution in [0.5, 0.6) is 0 Å². The summed E-state index contributed by atoms with van der Waals surface area (Å²) >= 11 is 0. The minimum atomic E-state index is -0.580. The van der Waals surface area contributed by atoms with Crippen molar-refractivity contribution in [3.05, 3.63) is 23.8 Å². The topological polar surface area (TPSA) is 44.8 Å². The molecule has 1 saturated heterocycles. The second-order valence-corrected chi connectivity index (χ2v) is 5.44. The second-order valence-electron chi connectivity index (χ2n) is 5.44. The summed E-state index contributed by atoms with van der Waals surface area (Å²) < 4.78 is 16.8. The SMILES string of the molecule is COC(=O)C1=C[C@@H]2[C@@H]3C=CC[C@@H]3[C@H]1C21OCCO1. The molecule has 4 aliphatic rings. The van der Waals surface area contributed by atoms with E-state index in [1.54, 1.807) is 0 Å². The van der Waals surface area contributed by atoms with Crippen LogP contribution in [0.3, 0.4) is 0 Å². The molecule has 1 heterocycles. The molecular formula is C14H16O4. The van der Waals surface area contributed by atoms with Gasteiger partial charge in [0.05, 0.1) is 20.3 Å². The summed E-state index contributed by atoms with van der Waals surface area (Å²) in [5.41, 5.74) is 0.759. The normalized spacial score (nSPS) is 42.4. The number of fused-ring (bicyclic) bond motifs is 3. The number of hydrogen-bond donors (Lipinski definition) is 0. The fourth-order valence-corrected chi connectivity index (χ4v) is 4.31. The molecule has 4 heteroatoms. The lowest BCUT2D eigenvalue weighted by Crippen LogP contribution is -2.39. The number of ether oxygens (including phenoxy) is 3. The van der Waals surface area contributed by atoms with Gasteiger partial charge >= 0.3 is 5.97 Å². The first-order chi connectivity index (χ1) is 8.78. The van der Waals surface area contributed by atoms with E-state index in [4.69, 9.17) is 14.2 Å². The molecule has 1 saturated carbocycles. The largest absolute Gasteiger partial charge is 0.466 e. The maximum atomic E-state index is 11.9. The molecule has 96 valence electrons. The van der Waals surface area contributed by atoms with E-state index in [1.807, 2.05) is 6.08 Å². The minimum Gasteiger partial charge on any atom is -0.466 e. The number of methoxy groups -OCH3 is 1. The Labute approximate surface area is 106 Å². The van der Waals surface area contributed by atoms with Crippen LogP contribution in [0.15, 0.2) is 23.8 Å². The molecule has 0 aromatic heterocycles. The van der Waals surface area contributed by atoms with Gasteiger partial charge in [-0.3, -0.25) is 0 Å². The first-order valence-corrected chi connectivity index (χ1v) is 6.52. The van der Waals surface area contributed by atoms with Gasteiger partial charge in [-0.1, -0.05) is 18.2 Å². The van der Waals surface area contributed by atoms with E-state index in [9.17, 15) is 4.79 Å². The Kier molecular flexibility index (Phi) is 2.07. The molecule has 1 aliphatic heterocycles. The molecule has 0 aromatic carbocycles. The van der Waals surface area contributed by atoms with Crippen molar-refractivity contribution in [2.24, 2.45) is 23.7 Å². The van der Waals surface area contributed by atoms with Gasteiger partial charge in [0.2, 0.25) is 0 Å². The van der Waals surface area contributed by atoms with Gasteiger partial charge < -0.3 is 14.2 Å². The Morgan fingerprint density at radius 1 is 1.44 bits per heavy atom. The summed E-state index contributed by atoms with van der Waals surface area (Å²) in [6, 6.07) is 0. The van der Waals surface area contributed by atoms with Crippen molar-refractivity contribution in [1.82, 2.24) is 0 Å². The van der Waals surface area contributed by atoms with E-state index in [1.165, 1.54) is 7.11 Å². The highest BCUT2D eigenvalue weighted by molar-refractivity contribution is 5.90.